The maximum Gasteiger partial charge on any atom is 0.307 e. The Hall–Kier alpha value is -2.70. The van der Waals surface area contributed by atoms with Crippen LogP contribution in [0.3, 0.4) is 0 Å². The molecule has 7 heteroatoms. The van der Waals surface area contributed by atoms with Crippen molar-refractivity contribution in [1.82, 2.24) is 14.5 Å². The predicted molar refractivity (Wildman–Crippen MR) is 74.0 cm³/mol. The smallest absolute Gasteiger partial charge is 0.307 e. The van der Waals surface area contributed by atoms with Crippen LogP contribution in [0.4, 0.5) is 5.69 Å². The lowest BCUT2D eigenvalue weighted by atomic mass is 10.3. The fraction of sp³-hybridized carbons (Fsp3) is 0.286. The number of hydrogen-bond acceptors (Lipinski definition) is 4. The monoisotopic (exact) mass is 286 g/mol. The standard InChI is InChI=1S/C14H14N4O3/c1-8-15-5-6-18(8)12-11(3-2-4-16-12)17-13(19)9-7-10(9)14(20)21/h2-6,9-10H,7H2,1H3,(H,17,19)(H,20,21)/t9-,10+/m1/s1. The van der Waals surface area contributed by atoms with Gasteiger partial charge in [-0.15, -0.1) is 0 Å². The number of anilines is 1. The Morgan fingerprint density at radius 2 is 2.14 bits per heavy atom. The molecule has 1 aliphatic rings. The minimum Gasteiger partial charge on any atom is -0.481 e. The first-order chi connectivity index (χ1) is 10.1. The number of carboxylic acid groups (broad SMARTS) is 1. The number of aromatic nitrogens is 3. The molecule has 0 aromatic carbocycles. The summed E-state index contributed by atoms with van der Waals surface area (Å²) >= 11 is 0. The fourth-order valence-corrected chi connectivity index (χ4v) is 2.27. The summed E-state index contributed by atoms with van der Waals surface area (Å²) in [5.74, 6) is -0.923. The highest BCUT2D eigenvalue weighted by Crippen LogP contribution is 2.39. The lowest BCUT2D eigenvalue weighted by Crippen LogP contribution is -2.18. The SMILES string of the molecule is Cc1nccn1-c1ncccc1NC(=O)[C@@H]1C[C@@H]1C(=O)O. The number of hydrogen-bond donors (Lipinski definition) is 2. The Morgan fingerprint density at radius 1 is 1.33 bits per heavy atom. The second kappa shape index (κ2) is 5.01. The number of nitrogens with zero attached hydrogens (tertiary/aromatic N) is 3. The minimum absolute atomic E-state index is 0.283. The summed E-state index contributed by atoms with van der Waals surface area (Å²) in [5, 5.41) is 11.6. The summed E-state index contributed by atoms with van der Waals surface area (Å²) in [5.41, 5.74) is 0.541. The van der Waals surface area contributed by atoms with Crippen LogP contribution in [0.5, 0.6) is 0 Å². The molecule has 2 N–H and O–H groups in total. The van der Waals surface area contributed by atoms with Gasteiger partial charge < -0.3 is 10.4 Å². The zero-order chi connectivity index (χ0) is 15.0. The number of nitrogens with one attached hydrogen (secondary N) is 1. The van der Waals surface area contributed by atoms with Gasteiger partial charge in [0.05, 0.1) is 17.5 Å². The highest BCUT2D eigenvalue weighted by Gasteiger charge is 2.48. The number of amides is 1. The van der Waals surface area contributed by atoms with Gasteiger partial charge in [-0.3, -0.25) is 14.2 Å². The Labute approximate surface area is 120 Å². The van der Waals surface area contributed by atoms with Crippen LogP contribution in [0.25, 0.3) is 5.82 Å². The van der Waals surface area contributed by atoms with Crippen LogP contribution in [-0.4, -0.2) is 31.5 Å². The summed E-state index contributed by atoms with van der Waals surface area (Å²) in [6.45, 7) is 1.83. The molecule has 7 nitrogen and oxygen atoms in total. The Bertz CT molecular complexity index is 710. The third kappa shape index (κ3) is 2.49. The number of aryl methyl sites for hydroxylation is 1. The van der Waals surface area contributed by atoms with E-state index < -0.39 is 17.8 Å². The van der Waals surface area contributed by atoms with Gasteiger partial charge in [-0.2, -0.15) is 0 Å². The van der Waals surface area contributed by atoms with Gasteiger partial charge in [0, 0.05) is 18.6 Å². The van der Waals surface area contributed by atoms with Crippen molar-refractivity contribution >= 4 is 17.6 Å². The van der Waals surface area contributed by atoms with E-state index in [1.165, 1.54) is 0 Å². The van der Waals surface area contributed by atoms with Gasteiger partial charge in [0.25, 0.3) is 0 Å². The average Bonchev–Trinajstić information content (AvgIpc) is 3.16. The topological polar surface area (TPSA) is 97.1 Å². The van der Waals surface area contributed by atoms with Crippen LogP contribution >= 0.6 is 0 Å². The lowest BCUT2D eigenvalue weighted by Gasteiger charge is -2.11. The van der Waals surface area contributed by atoms with Gasteiger partial charge in [-0.1, -0.05) is 0 Å². The van der Waals surface area contributed by atoms with Crippen LogP contribution in [0, 0.1) is 18.8 Å². The summed E-state index contributed by atoms with van der Waals surface area (Å²) in [7, 11) is 0. The fourth-order valence-electron chi connectivity index (χ4n) is 2.27. The highest BCUT2D eigenvalue weighted by atomic mass is 16.4. The number of rotatable bonds is 4. The summed E-state index contributed by atoms with van der Waals surface area (Å²) in [6.07, 6.45) is 5.42. The third-order valence-corrected chi connectivity index (χ3v) is 3.54. The molecule has 0 radical (unpaired) electrons. The molecule has 2 heterocycles. The highest BCUT2D eigenvalue weighted by molar-refractivity contribution is 5.99. The van der Waals surface area contributed by atoms with Gasteiger partial charge >= 0.3 is 5.97 Å². The van der Waals surface area contributed by atoms with E-state index in [2.05, 4.69) is 15.3 Å². The zero-order valence-electron chi connectivity index (χ0n) is 11.4. The van der Waals surface area contributed by atoms with Crippen molar-refractivity contribution in [3.63, 3.8) is 0 Å². The van der Waals surface area contributed by atoms with Gasteiger partial charge in [0.15, 0.2) is 5.82 Å². The number of aliphatic carboxylic acids is 1. The number of carbonyl (C=O) groups excluding carboxylic acids is 1. The molecule has 0 saturated heterocycles. The maximum atomic E-state index is 12.1. The minimum atomic E-state index is -0.924. The van der Waals surface area contributed by atoms with Gasteiger partial charge in [-0.25, -0.2) is 9.97 Å². The van der Waals surface area contributed by atoms with Crippen LogP contribution in [0.15, 0.2) is 30.7 Å². The molecule has 1 fully saturated rings. The lowest BCUT2D eigenvalue weighted by molar-refractivity contribution is -0.139. The second-order valence-corrected chi connectivity index (χ2v) is 5.00. The van der Waals surface area contributed by atoms with E-state index in [0.29, 0.717) is 17.9 Å². The molecule has 0 bridgehead atoms. The molecular weight excluding hydrogens is 272 g/mol. The number of carbonyl (C=O) groups is 2. The molecule has 3 rings (SSSR count). The number of carboxylic acids is 1. The van der Waals surface area contributed by atoms with Crippen molar-refractivity contribution in [2.45, 2.75) is 13.3 Å². The van der Waals surface area contributed by atoms with E-state index in [0.717, 1.165) is 5.82 Å². The largest absolute Gasteiger partial charge is 0.481 e. The molecule has 0 spiro atoms. The molecule has 1 saturated carbocycles. The van der Waals surface area contributed by atoms with Crippen LogP contribution in [0.1, 0.15) is 12.2 Å². The molecule has 2 aromatic heterocycles. The molecule has 2 aromatic rings. The molecule has 0 aliphatic heterocycles. The predicted octanol–water partition coefficient (Wildman–Crippen LogP) is 1.23. The first-order valence-electron chi connectivity index (χ1n) is 6.57. The Kier molecular flexibility index (Phi) is 3.17. The van der Waals surface area contributed by atoms with E-state index in [1.54, 1.807) is 35.3 Å². The van der Waals surface area contributed by atoms with Crippen molar-refractivity contribution in [2.75, 3.05) is 5.32 Å². The van der Waals surface area contributed by atoms with Gasteiger partial charge in [-0.05, 0) is 25.5 Å². The van der Waals surface area contributed by atoms with Crippen molar-refractivity contribution in [3.8, 4) is 5.82 Å². The van der Waals surface area contributed by atoms with E-state index in [9.17, 15) is 9.59 Å². The van der Waals surface area contributed by atoms with Crippen molar-refractivity contribution in [1.29, 1.82) is 0 Å². The number of imidazole rings is 1. The van der Waals surface area contributed by atoms with E-state index in [4.69, 9.17) is 5.11 Å². The van der Waals surface area contributed by atoms with Gasteiger partial charge in [0.2, 0.25) is 5.91 Å². The van der Waals surface area contributed by atoms with Crippen LogP contribution in [0.2, 0.25) is 0 Å². The number of pyridine rings is 1. The van der Waals surface area contributed by atoms with E-state index >= 15 is 0 Å². The van der Waals surface area contributed by atoms with Gasteiger partial charge in [0.1, 0.15) is 5.82 Å². The summed E-state index contributed by atoms with van der Waals surface area (Å²) in [4.78, 5) is 31.3. The molecule has 0 unspecified atom stereocenters. The molecule has 21 heavy (non-hydrogen) atoms. The van der Waals surface area contributed by atoms with Crippen LogP contribution < -0.4 is 5.32 Å². The van der Waals surface area contributed by atoms with Crippen molar-refractivity contribution in [2.24, 2.45) is 11.8 Å². The van der Waals surface area contributed by atoms with E-state index in [-0.39, 0.29) is 5.91 Å². The molecular formula is C14H14N4O3. The average molecular weight is 286 g/mol. The zero-order valence-corrected chi connectivity index (χ0v) is 11.4. The van der Waals surface area contributed by atoms with Crippen molar-refractivity contribution in [3.05, 3.63) is 36.5 Å². The van der Waals surface area contributed by atoms with Crippen LogP contribution in [-0.2, 0) is 9.59 Å². The Morgan fingerprint density at radius 3 is 2.76 bits per heavy atom. The first kappa shape index (κ1) is 13.3. The quantitative estimate of drug-likeness (QED) is 0.881. The summed E-state index contributed by atoms with van der Waals surface area (Å²) in [6, 6.07) is 3.45. The molecule has 1 aliphatic carbocycles. The third-order valence-electron chi connectivity index (χ3n) is 3.54. The molecule has 108 valence electrons. The van der Waals surface area contributed by atoms with E-state index in [1.807, 2.05) is 6.92 Å². The summed E-state index contributed by atoms with van der Waals surface area (Å²) < 4.78 is 1.76. The maximum absolute atomic E-state index is 12.1. The second-order valence-electron chi connectivity index (χ2n) is 5.00. The Balaban J connectivity index is 1.82. The first-order valence-corrected chi connectivity index (χ1v) is 6.57. The molecule has 1 amide bonds. The van der Waals surface area contributed by atoms with Crippen molar-refractivity contribution < 1.29 is 14.7 Å². The molecule has 2 atom stereocenters. The normalized spacial score (nSPS) is 20.0.